The lowest BCUT2D eigenvalue weighted by Crippen LogP contribution is -2.11. The SMILES string of the molecule is Cc1cccnc1NC(C)C. The van der Waals surface area contributed by atoms with E-state index in [4.69, 9.17) is 0 Å². The lowest BCUT2D eigenvalue weighted by atomic mass is 10.3. The minimum Gasteiger partial charge on any atom is -0.368 e. The molecule has 1 N–H and O–H groups in total. The maximum absolute atomic E-state index is 4.21. The molecule has 0 atom stereocenters. The second-order valence-corrected chi connectivity index (χ2v) is 2.97. The zero-order valence-electron chi connectivity index (χ0n) is 7.26. The molecule has 0 saturated heterocycles. The first kappa shape index (κ1) is 8.05. The summed E-state index contributed by atoms with van der Waals surface area (Å²) in [5.74, 6) is 0.988. The van der Waals surface area contributed by atoms with E-state index in [1.54, 1.807) is 6.20 Å². The lowest BCUT2D eigenvalue weighted by molar-refractivity contribution is 0.886. The number of aryl methyl sites for hydroxylation is 1. The van der Waals surface area contributed by atoms with Gasteiger partial charge in [-0.05, 0) is 32.4 Å². The third kappa shape index (κ3) is 2.22. The number of nitrogens with one attached hydrogen (secondary N) is 1. The van der Waals surface area contributed by atoms with Crippen molar-refractivity contribution in [2.24, 2.45) is 0 Å². The van der Waals surface area contributed by atoms with Gasteiger partial charge in [0.1, 0.15) is 5.82 Å². The Morgan fingerprint density at radius 3 is 2.73 bits per heavy atom. The van der Waals surface area contributed by atoms with Gasteiger partial charge in [-0.15, -0.1) is 0 Å². The Bertz CT molecular complexity index is 231. The van der Waals surface area contributed by atoms with Crippen molar-refractivity contribution in [3.05, 3.63) is 23.9 Å². The van der Waals surface area contributed by atoms with Crippen LogP contribution in [-0.4, -0.2) is 11.0 Å². The highest BCUT2D eigenvalue weighted by Crippen LogP contribution is 2.09. The van der Waals surface area contributed by atoms with E-state index in [0.29, 0.717) is 6.04 Å². The average Bonchev–Trinajstić information content (AvgIpc) is 1.93. The van der Waals surface area contributed by atoms with Crippen molar-refractivity contribution in [1.82, 2.24) is 4.98 Å². The van der Waals surface area contributed by atoms with Crippen molar-refractivity contribution in [2.45, 2.75) is 26.8 Å². The summed E-state index contributed by atoms with van der Waals surface area (Å²) in [7, 11) is 0. The van der Waals surface area contributed by atoms with Crippen LogP contribution in [0.2, 0.25) is 0 Å². The average molecular weight is 150 g/mol. The van der Waals surface area contributed by atoms with Crippen LogP contribution in [0.5, 0.6) is 0 Å². The summed E-state index contributed by atoms with van der Waals surface area (Å²) in [6.07, 6.45) is 1.80. The molecule has 0 bridgehead atoms. The molecule has 60 valence electrons. The molecule has 0 aliphatic rings. The Kier molecular flexibility index (Phi) is 2.47. The highest BCUT2D eigenvalue weighted by Gasteiger charge is 1.97. The monoisotopic (exact) mass is 150 g/mol. The minimum atomic E-state index is 0.448. The molecule has 1 aromatic rings. The highest BCUT2D eigenvalue weighted by molar-refractivity contribution is 5.42. The molecule has 2 nitrogen and oxygen atoms in total. The molecule has 11 heavy (non-hydrogen) atoms. The van der Waals surface area contributed by atoms with E-state index >= 15 is 0 Å². The summed E-state index contributed by atoms with van der Waals surface area (Å²) in [6.45, 7) is 6.26. The van der Waals surface area contributed by atoms with Crippen LogP contribution in [0, 0.1) is 6.92 Å². The zero-order chi connectivity index (χ0) is 8.27. The molecule has 2 heteroatoms. The summed E-state index contributed by atoms with van der Waals surface area (Å²) in [6, 6.07) is 4.45. The molecule has 0 aliphatic heterocycles. The van der Waals surface area contributed by atoms with Gasteiger partial charge in [-0.25, -0.2) is 4.98 Å². The molecule has 0 unspecified atom stereocenters. The van der Waals surface area contributed by atoms with E-state index < -0.39 is 0 Å². The van der Waals surface area contributed by atoms with E-state index in [0.717, 1.165) is 5.82 Å². The molecule has 0 aromatic carbocycles. The Morgan fingerprint density at radius 1 is 1.45 bits per heavy atom. The van der Waals surface area contributed by atoms with Gasteiger partial charge in [0.05, 0.1) is 0 Å². The van der Waals surface area contributed by atoms with E-state index in [1.807, 2.05) is 6.07 Å². The maximum atomic E-state index is 4.21. The maximum Gasteiger partial charge on any atom is 0.129 e. The van der Waals surface area contributed by atoms with Crippen LogP contribution in [0.3, 0.4) is 0 Å². The van der Waals surface area contributed by atoms with E-state index in [1.165, 1.54) is 5.56 Å². The largest absolute Gasteiger partial charge is 0.368 e. The number of rotatable bonds is 2. The van der Waals surface area contributed by atoms with Crippen molar-refractivity contribution < 1.29 is 0 Å². The predicted molar refractivity (Wildman–Crippen MR) is 47.7 cm³/mol. The van der Waals surface area contributed by atoms with Gasteiger partial charge in [0.2, 0.25) is 0 Å². The van der Waals surface area contributed by atoms with Crippen molar-refractivity contribution >= 4 is 5.82 Å². The van der Waals surface area contributed by atoms with Gasteiger partial charge >= 0.3 is 0 Å². The molecule has 1 aromatic heterocycles. The first-order chi connectivity index (χ1) is 5.20. The summed E-state index contributed by atoms with van der Waals surface area (Å²) in [5.41, 5.74) is 1.20. The second-order valence-electron chi connectivity index (χ2n) is 2.97. The molecule has 0 fully saturated rings. The molecular formula is C9H14N2. The quantitative estimate of drug-likeness (QED) is 0.699. The molecular weight excluding hydrogens is 136 g/mol. The Hall–Kier alpha value is -1.05. The fourth-order valence-corrected chi connectivity index (χ4v) is 0.910. The van der Waals surface area contributed by atoms with Crippen molar-refractivity contribution in [1.29, 1.82) is 0 Å². The molecule has 1 heterocycles. The normalized spacial score (nSPS) is 10.2. The molecule has 0 spiro atoms. The standard InChI is InChI=1S/C9H14N2/c1-7(2)11-9-8(3)5-4-6-10-9/h4-7H,1-3H3,(H,10,11). The third-order valence-corrected chi connectivity index (χ3v) is 1.43. The van der Waals surface area contributed by atoms with E-state index in [2.05, 4.69) is 37.1 Å². The van der Waals surface area contributed by atoms with Crippen LogP contribution in [0.1, 0.15) is 19.4 Å². The summed E-state index contributed by atoms with van der Waals surface area (Å²) < 4.78 is 0. The van der Waals surface area contributed by atoms with Crippen molar-refractivity contribution in [3.8, 4) is 0 Å². The Balaban J connectivity index is 2.78. The Labute approximate surface area is 67.7 Å². The summed E-state index contributed by atoms with van der Waals surface area (Å²) >= 11 is 0. The minimum absolute atomic E-state index is 0.448. The van der Waals surface area contributed by atoms with Crippen LogP contribution in [0.15, 0.2) is 18.3 Å². The fraction of sp³-hybridized carbons (Fsp3) is 0.444. The number of hydrogen-bond acceptors (Lipinski definition) is 2. The first-order valence-electron chi connectivity index (χ1n) is 3.88. The Morgan fingerprint density at radius 2 is 2.18 bits per heavy atom. The van der Waals surface area contributed by atoms with Crippen LogP contribution in [0.4, 0.5) is 5.82 Å². The number of pyridine rings is 1. The summed E-state index contributed by atoms with van der Waals surface area (Å²) in [5, 5.41) is 3.26. The van der Waals surface area contributed by atoms with Gasteiger partial charge in [0.25, 0.3) is 0 Å². The predicted octanol–water partition coefficient (Wildman–Crippen LogP) is 2.21. The number of aromatic nitrogens is 1. The summed E-state index contributed by atoms with van der Waals surface area (Å²) in [4.78, 5) is 4.21. The molecule has 0 aliphatic carbocycles. The van der Waals surface area contributed by atoms with Crippen LogP contribution >= 0.6 is 0 Å². The molecule has 0 saturated carbocycles. The second kappa shape index (κ2) is 3.37. The highest BCUT2D eigenvalue weighted by atomic mass is 15.0. The number of anilines is 1. The number of nitrogens with zero attached hydrogens (tertiary/aromatic N) is 1. The first-order valence-corrected chi connectivity index (χ1v) is 3.88. The fourth-order valence-electron chi connectivity index (χ4n) is 0.910. The van der Waals surface area contributed by atoms with Gasteiger partial charge in [-0.2, -0.15) is 0 Å². The van der Waals surface area contributed by atoms with E-state index in [-0.39, 0.29) is 0 Å². The molecule has 0 amide bonds. The van der Waals surface area contributed by atoms with Gasteiger partial charge in [-0.1, -0.05) is 6.07 Å². The van der Waals surface area contributed by atoms with Crippen molar-refractivity contribution in [3.63, 3.8) is 0 Å². The van der Waals surface area contributed by atoms with Crippen LogP contribution < -0.4 is 5.32 Å². The topological polar surface area (TPSA) is 24.9 Å². The van der Waals surface area contributed by atoms with E-state index in [9.17, 15) is 0 Å². The van der Waals surface area contributed by atoms with Gasteiger partial charge in [0, 0.05) is 12.2 Å². The number of hydrogen-bond donors (Lipinski definition) is 1. The zero-order valence-corrected chi connectivity index (χ0v) is 7.26. The van der Waals surface area contributed by atoms with Crippen LogP contribution in [-0.2, 0) is 0 Å². The third-order valence-electron chi connectivity index (χ3n) is 1.43. The van der Waals surface area contributed by atoms with Crippen LogP contribution in [0.25, 0.3) is 0 Å². The van der Waals surface area contributed by atoms with Gasteiger partial charge < -0.3 is 5.32 Å². The smallest absolute Gasteiger partial charge is 0.129 e. The van der Waals surface area contributed by atoms with Gasteiger partial charge in [-0.3, -0.25) is 0 Å². The molecule has 0 radical (unpaired) electrons. The lowest BCUT2D eigenvalue weighted by Gasteiger charge is -2.10. The van der Waals surface area contributed by atoms with Gasteiger partial charge in [0.15, 0.2) is 0 Å². The molecule has 1 rings (SSSR count). The van der Waals surface area contributed by atoms with Crippen molar-refractivity contribution in [2.75, 3.05) is 5.32 Å².